The summed E-state index contributed by atoms with van der Waals surface area (Å²) in [6.07, 6.45) is 0. The van der Waals surface area contributed by atoms with E-state index >= 15 is 0 Å². The van der Waals surface area contributed by atoms with Crippen LogP contribution in [0.3, 0.4) is 0 Å². The summed E-state index contributed by atoms with van der Waals surface area (Å²) < 4.78 is 0. The average molecular weight is 130 g/mol. The van der Waals surface area contributed by atoms with E-state index in [4.69, 9.17) is 0 Å². The molecule has 0 radical (unpaired) electrons. The molecule has 0 aromatic rings. The van der Waals surface area contributed by atoms with Crippen molar-refractivity contribution in [1.29, 1.82) is 0 Å². The van der Waals surface area contributed by atoms with E-state index < -0.39 is 8.07 Å². The lowest BCUT2D eigenvalue weighted by atomic mass is 10.5. The summed E-state index contributed by atoms with van der Waals surface area (Å²) in [7, 11) is -1.07. The highest BCUT2D eigenvalue weighted by atomic mass is 28.3. The fourth-order valence-corrected chi connectivity index (χ4v) is 2.24. The summed E-state index contributed by atoms with van der Waals surface area (Å²) >= 11 is 0. The molecule has 0 aliphatic carbocycles. The van der Waals surface area contributed by atoms with Crippen molar-refractivity contribution in [2.75, 3.05) is 0 Å². The van der Waals surface area contributed by atoms with Crippen molar-refractivity contribution in [3.8, 4) is 0 Å². The topological polar surface area (TPSA) is 17.1 Å². The highest BCUT2D eigenvalue weighted by Crippen LogP contribution is 2.07. The van der Waals surface area contributed by atoms with E-state index in [1.54, 1.807) is 6.92 Å². The van der Waals surface area contributed by atoms with Crippen molar-refractivity contribution in [3.63, 3.8) is 0 Å². The van der Waals surface area contributed by atoms with Crippen LogP contribution in [0.15, 0.2) is 0 Å². The van der Waals surface area contributed by atoms with Gasteiger partial charge in [0.05, 0.1) is 8.07 Å². The molecule has 2 heteroatoms. The number of carbonyl (C=O) groups excluding carboxylic acids is 1. The van der Waals surface area contributed by atoms with E-state index in [1.807, 2.05) is 0 Å². The highest BCUT2D eigenvalue weighted by molar-refractivity contribution is 6.78. The molecule has 0 fully saturated rings. The van der Waals surface area contributed by atoms with Crippen LogP contribution >= 0.6 is 0 Å². The monoisotopic (exact) mass is 130 g/mol. The number of ketones is 1. The van der Waals surface area contributed by atoms with Crippen LogP contribution in [-0.2, 0) is 4.79 Å². The predicted octanol–water partition coefficient (Wildman–Crippen LogP) is 1.91. The van der Waals surface area contributed by atoms with Crippen LogP contribution in [0, 0.1) is 0 Å². The van der Waals surface area contributed by atoms with Crippen LogP contribution in [0.2, 0.25) is 25.7 Å². The van der Waals surface area contributed by atoms with E-state index in [-0.39, 0.29) is 0 Å². The maximum Gasteiger partial charge on any atom is 0.127 e. The van der Waals surface area contributed by atoms with Gasteiger partial charge in [-0.3, -0.25) is 0 Å². The molecule has 0 heterocycles. The Bertz CT molecular complexity index is 91.2. The zero-order chi connectivity index (χ0) is 6.78. The molecule has 0 saturated carbocycles. The Labute approximate surface area is 52.1 Å². The van der Waals surface area contributed by atoms with E-state index in [0.29, 0.717) is 5.78 Å². The van der Waals surface area contributed by atoms with Gasteiger partial charge < -0.3 is 4.79 Å². The van der Waals surface area contributed by atoms with Crippen molar-refractivity contribution in [3.05, 3.63) is 0 Å². The van der Waals surface area contributed by atoms with Crippen LogP contribution in [0.1, 0.15) is 6.92 Å². The molecule has 0 aromatic carbocycles. The maximum atomic E-state index is 10.5. The van der Waals surface area contributed by atoms with Gasteiger partial charge in [-0.15, -0.1) is 0 Å². The Balaban J connectivity index is 3.55. The second kappa shape index (κ2) is 2.44. The van der Waals surface area contributed by atoms with Crippen LogP contribution in [0.5, 0.6) is 0 Å². The second-order valence-corrected chi connectivity index (χ2v) is 8.91. The third kappa shape index (κ3) is 5.89. The smallest absolute Gasteiger partial charge is 0.127 e. The predicted molar refractivity (Wildman–Crippen MR) is 38.8 cm³/mol. The van der Waals surface area contributed by atoms with Crippen molar-refractivity contribution in [2.45, 2.75) is 32.6 Å². The first-order chi connectivity index (χ1) is 3.42. The first kappa shape index (κ1) is 7.89. The van der Waals surface area contributed by atoms with Gasteiger partial charge in [0.15, 0.2) is 0 Å². The molecule has 0 aliphatic rings. The molecule has 0 atom stereocenters. The second-order valence-electron chi connectivity index (χ2n) is 3.44. The summed E-state index contributed by atoms with van der Waals surface area (Å²) in [5.74, 6) is 0.337. The zero-order valence-corrected chi connectivity index (χ0v) is 7.12. The Kier molecular flexibility index (Phi) is 2.41. The van der Waals surface area contributed by atoms with Gasteiger partial charge in [-0.25, -0.2) is 0 Å². The molecule has 0 aromatic heterocycles. The van der Waals surface area contributed by atoms with Crippen molar-refractivity contribution < 1.29 is 4.79 Å². The van der Waals surface area contributed by atoms with Gasteiger partial charge in [0.25, 0.3) is 0 Å². The molecule has 0 rings (SSSR count). The summed E-state index contributed by atoms with van der Waals surface area (Å²) in [6, 6.07) is 0.826. The Morgan fingerprint density at radius 1 is 1.38 bits per heavy atom. The lowest BCUT2D eigenvalue weighted by molar-refractivity contribution is -0.115. The minimum atomic E-state index is -1.07. The molecule has 0 unspecified atom stereocenters. The normalized spacial score (nSPS) is 11.5. The van der Waals surface area contributed by atoms with Crippen LogP contribution in [-0.4, -0.2) is 13.9 Å². The van der Waals surface area contributed by atoms with E-state index in [0.717, 1.165) is 6.04 Å². The number of hydrogen-bond donors (Lipinski definition) is 0. The summed E-state index contributed by atoms with van der Waals surface area (Å²) in [6.45, 7) is 8.27. The summed E-state index contributed by atoms with van der Waals surface area (Å²) in [5.41, 5.74) is 0. The molecule has 0 spiro atoms. The quantitative estimate of drug-likeness (QED) is 0.522. The lowest BCUT2D eigenvalue weighted by Gasteiger charge is -2.11. The number of carbonyl (C=O) groups is 1. The Hall–Kier alpha value is -0.113. The minimum absolute atomic E-state index is 0.337. The molecule has 0 amide bonds. The summed E-state index contributed by atoms with van der Waals surface area (Å²) in [5, 5.41) is 0. The molecule has 0 bridgehead atoms. The van der Waals surface area contributed by atoms with E-state index in [1.165, 1.54) is 0 Å². The SMILES string of the molecule is CC(=O)C[Si](C)(C)C. The largest absolute Gasteiger partial charge is 0.300 e. The van der Waals surface area contributed by atoms with Gasteiger partial charge in [0.1, 0.15) is 5.78 Å². The molecule has 0 saturated heterocycles. The Morgan fingerprint density at radius 2 is 1.75 bits per heavy atom. The molecule has 0 aliphatic heterocycles. The van der Waals surface area contributed by atoms with Gasteiger partial charge in [0.2, 0.25) is 0 Å². The fraction of sp³-hybridized carbons (Fsp3) is 0.833. The maximum absolute atomic E-state index is 10.5. The highest BCUT2D eigenvalue weighted by Gasteiger charge is 2.14. The van der Waals surface area contributed by atoms with Crippen LogP contribution < -0.4 is 0 Å². The number of Topliss-reactive ketones (excluding diaryl/α,β-unsaturated/α-hetero) is 1. The van der Waals surface area contributed by atoms with Gasteiger partial charge in [-0.05, 0) is 6.92 Å². The number of hydrogen-bond acceptors (Lipinski definition) is 1. The number of rotatable bonds is 2. The molecule has 1 nitrogen and oxygen atoms in total. The third-order valence-corrected chi connectivity index (χ3v) is 2.34. The Morgan fingerprint density at radius 3 is 1.75 bits per heavy atom. The lowest BCUT2D eigenvalue weighted by Crippen LogP contribution is -2.22. The third-order valence-electron chi connectivity index (χ3n) is 0.779. The van der Waals surface area contributed by atoms with Crippen LogP contribution in [0.4, 0.5) is 0 Å². The van der Waals surface area contributed by atoms with Gasteiger partial charge in [0, 0.05) is 6.04 Å². The summed E-state index contributed by atoms with van der Waals surface area (Å²) in [4.78, 5) is 10.5. The molecule has 8 heavy (non-hydrogen) atoms. The van der Waals surface area contributed by atoms with E-state index in [2.05, 4.69) is 19.6 Å². The van der Waals surface area contributed by atoms with Crippen molar-refractivity contribution in [2.24, 2.45) is 0 Å². The van der Waals surface area contributed by atoms with Crippen molar-refractivity contribution in [1.82, 2.24) is 0 Å². The van der Waals surface area contributed by atoms with Gasteiger partial charge >= 0.3 is 0 Å². The standard InChI is InChI=1S/C6H14OSi/c1-6(7)5-8(2,3)4/h5H2,1-4H3. The van der Waals surface area contributed by atoms with Crippen LogP contribution in [0.25, 0.3) is 0 Å². The van der Waals surface area contributed by atoms with Crippen molar-refractivity contribution >= 4 is 13.9 Å². The van der Waals surface area contributed by atoms with Gasteiger partial charge in [-0.1, -0.05) is 19.6 Å². The molecule has 0 N–H and O–H groups in total. The van der Waals surface area contributed by atoms with Gasteiger partial charge in [-0.2, -0.15) is 0 Å². The fourth-order valence-electron chi connectivity index (χ4n) is 0.747. The minimum Gasteiger partial charge on any atom is -0.300 e. The first-order valence-electron chi connectivity index (χ1n) is 2.91. The molecular weight excluding hydrogens is 116 g/mol. The van der Waals surface area contributed by atoms with E-state index in [9.17, 15) is 4.79 Å². The zero-order valence-electron chi connectivity index (χ0n) is 6.12. The average Bonchev–Trinajstić information content (AvgIpc) is 1.21. The molecule has 48 valence electrons. The molecular formula is C6H14OSi. The first-order valence-corrected chi connectivity index (χ1v) is 6.62.